The number of benzene rings is 3. The smallest absolute Gasteiger partial charge is 0.307 e. The fourth-order valence-corrected chi connectivity index (χ4v) is 3.67. The van der Waals surface area contributed by atoms with Gasteiger partial charge in [0.05, 0.1) is 12.1 Å². The van der Waals surface area contributed by atoms with Crippen LogP contribution in [0.1, 0.15) is 11.1 Å². The molecule has 0 spiro atoms. The van der Waals surface area contributed by atoms with E-state index in [-0.39, 0.29) is 12.1 Å². The van der Waals surface area contributed by atoms with Crippen LogP contribution in [0.2, 0.25) is 0 Å². The van der Waals surface area contributed by atoms with Crippen LogP contribution >= 0.6 is 0 Å². The van der Waals surface area contributed by atoms with E-state index in [4.69, 9.17) is 0 Å². The normalized spacial score (nSPS) is 11.0. The van der Waals surface area contributed by atoms with Crippen LogP contribution in [0.25, 0.3) is 10.9 Å². The molecule has 0 bridgehead atoms. The van der Waals surface area contributed by atoms with Gasteiger partial charge in [0.1, 0.15) is 0 Å². The molecule has 0 atom stereocenters. The highest BCUT2D eigenvalue weighted by Crippen LogP contribution is 2.28. The second-order valence-electron chi connectivity index (χ2n) is 7.17. The second kappa shape index (κ2) is 7.99. The number of para-hydroxylation sites is 1. The molecule has 0 saturated carbocycles. The van der Waals surface area contributed by atoms with Crippen molar-refractivity contribution in [3.8, 4) is 0 Å². The van der Waals surface area contributed by atoms with Crippen molar-refractivity contribution >= 4 is 28.2 Å². The summed E-state index contributed by atoms with van der Waals surface area (Å²) in [5.74, 6) is -2.63. The zero-order chi connectivity index (χ0) is 21.3. The number of aliphatic carboxylic acids is 1. The van der Waals surface area contributed by atoms with Crippen molar-refractivity contribution in [1.82, 2.24) is 4.57 Å². The maximum atomic E-state index is 14.1. The first-order valence-corrected chi connectivity index (χ1v) is 9.49. The van der Waals surface area contributed by atoms with E-state index in [1.54, 1.807) is 11.9 Å². The summed E-state index contributed by atoms with van der Waals surface area (Å²) < 4.78 is 29.6. The van der Waals surface area contributed by atoms with Gasteiger partial charge in [0.2, 0.25) is 0 Å². The van der Waals surface area contributed by atoms with Gasteiger partial charge in [-0.2, -0.15) is 0 Å². The van der Waals surface area contributed by atoms with Crippen molar-refractivity contribution < 1.29 is 18.7 Å². The minimum Gasteiger partial charge on any atom is -0.481 e. The Morgan fingerprint density at radius 2 is 1.73 bits per heavy atom. The van der Waals surface area contributed by atoms with E-state index in [9.17, 15) is 18.7 Å². The van der Waals surface area contributed by atoms with Crippen LogP contribution in [0.4, 0.5) is 20.2 Å². The molecule has 0 aliphatic heterocycles. The summed E-state index contributed by atoms with van der Waals surface area (Å²) in [5, 5.41) is 10.1. The highest BCUT2D eigenvalue weighted by Gasteiger charge is 2.14. The van der Waals surface area contributed by atoms with Crippen LogP contribution in [-0.2, 0) is 17.8 Å². The van der Waals surface area contributed by atoms with Crippen LogP contribution in [0.15, 0.2) is 72.9 Å². The number of nitrogens with zero attached hydrogens (tertiary/aromatic N) is 2. The SMILES string of the molecule is CN(c1ccc(Cn2cc(CC(=O)O)c3ccccc32)cc1)c1cccc(F)c1F. The van der Waals surface area contributed by atoms with Crippen molar-refractivity contribution in [1.29, 1.82) is 0 Å². The minimum atomic E-state index is -0.882. The molecule has 4 aromatic rings. The molecule has 0 saturated heterocycles. The van der Waals surface area contributed by atoms with Crippen molar-refractivity contribution in [2.45, 2.75) is 13.0 Å². The Labute approximate surface area is 172 Å². The molecule has 3 aromatic carbocycles. The number of carboxylic acid groups (broad SMARTS) is 1. The van der Waals surface area contributed by atoms with Gasteiger partial charge in [0, 0.05) is 36.4 Å². The Morgan fingerprint density at radius 1 is 1.00 bits per heavy atom. The third-order valence-corrected chi connectivity index (χ3v) is 5.18. The lowest BCUT2D eigenvalue weighted by Crippen LogP contribution is -2.12. The molecule has 6 heteroatoms. The molecule has 0 aliphatic carbocycles. The predicted molar refractivity (Wildman–Crippen MR) is 113 cm³/mol. The lowest BCUT2D eigenvalue weighted by molar-refractivity contribution is -0.136. The Hall–Kier alpha value is -3.67. The summed E-state index contributed by atoms with van der Waals surface area (Å²) in [5.41, 5.74) is 3.65. The number of hydrogen-bond acceptors (Lipinski definition) is 2. The molecule has 152 valence electrons. The average molecular weight is 406 g/mol. The number of hydrogen-bond donors (Lipinski definition) is 1. The number of fused-ring (bicyclic) bond motifs is 1. The van der Waals surface area contributed by atoms with Gasteiger partial charge in [-0.1, -0.05) is 36.4 Å². The highest BCUT2D eigenvalue weighted by atomic mass is 19.2. The Balaban J connectivity index is 1.60. The summed E-state index contributed by atoms with van der Waals surface area (Å²) in [7, 11) is 1.69. The molecule has 30 heavy (non-hydrogen) atoms. The Bertz CT molecular complexity index is 1220. The van der Waals surface area contributed by atoms with Gasteiger partial charge in [-0.05, 0) is 41.5 Å². The van der Waals surface area contributed by atoms with Gasteiger partial charge in [0.25, 0.3) is 0 Å². The zero-order valence-corrected chi connectivity index (χ0v) is 16.3. The summed E-state index contributed by atoms with van der Waals surface area (Å²) >= 11 is 0. The highest BCUT2D eigenvalue weighted by molar-refractivity contribution is 5.87. The van der Waals surface area contributed by atoms with Gasteiger partial charge in [0.15, 0.2) is 11.6 Å². The van der Waals surface area contributed by atoms with Crippen LogP contribution in [0, 0.1) is 11.6 Å². The third-order valence-electron chi connectivity index (χ3n) is 5.18. The van der Waals surface area contributed by atoms with Crippen LogP contribution in [-0.4, -0.2) is 22.7 Å². The lowest BCUT2D eigenvalue weighted by Gasteiger charge is -2.20. The summed E-state index contributed by atoms with van der Waals surface area (Å²) in [4.78, 5) is 12.8. The number of halogens is 2. The topological polar surface area (TPSA) is 45.5 Å². The molecule has 1 heterocycles. The summed E-state index contributed by atoms with van der Waals surface area (Å²) in [6.07, 6.45) is 1.84. The third kappa shape index (κ3) is 3.76. The van der Waals surface area contributed by atoms with Gasteiger partial charge < -0.3 is 14.6 Å². The van der Waals surface area contributed by atoms with E-state index in [1.807, 2.05) is 59.3 Å². The molecule has 0 fully saturated rings. The molecule has 1 N–H and O–H groups in total. The van der Waals surface area contributed by atoms with E-state index in [0.29, 0.717) is 6.54 Å². The van der Waals surface area contributed by atoms with E-state index < -0.39 is 17.6 Å². The molecular weight excluding hydrogens is 386 g/mol. The van der Waals surface area contributed by atoms with Gasteiger partial charge in [-0.15, -0.1) is 0 Å². The number of rotatable bonds is 6. The minimum absolute atomic E-state index is 0.0313. The van der Waals surface area contributed by atoms with Gasteiger partial charge >= 0.3 is 5.97 Å². The Kier molecular flexibility index (Phi) is 5.23. The van der Waals surface area contributed by atoms with Crippen molar-refractivity contribution in [2.24, 2.45) is 0 Å². The lowest BCUT2D eigenvalue weighted by atomic mass is 10.1. The maximum Gasteiger partial charge on any atom is 0.307 e. The second-order valence-corrected chi connectivity index (χ2v) is 7.17. The first-order valence-electron chi connectivity index (χ1n) is 9.49. The van der Waals surface area contributed by atoms with Crippen LogP contribution in [0.3, 0.4) is 0 Å². The van der Waals surface area contributed by atoms with Gasteiger partial charge in [-0.3, -0.25) is 4.79 Å². The maximum absolute atomic E-state index is 14.1. The van der Waals surface area contributed by atoms with E-state index in [1.165, 1.54) is 12.1 Å². The monoisotopic (exact) mass is 406 g/mol. The van der Waals surface area contributed by atoms with Crippen molar-refractivity contribution in [3.63, 3.8) is 0 Å². The number of aromatic nitrogens is 1. The van der Waals surface area contributed by atoms with Crippen molar-refractivity contribution in [3.05, 3.63) is 95.7 Å². The number of carbonyl (C=O) groups is 1. The molecule has 0 radical (unpaired) electrons. The van der Waals surface area contributed by atoms with E-state index in [2.05, 4.69) is 0 Å². The first kappa shape index (κ1) is 19.6. The van der Waals surface area contributed by atoms with Gasteiger partial charge in [-0.25, -0.2) is 8.78 Å². The fraction of sp³-hybridized carbons (Fsp3) is 0.125. The standard InChI is InChI=1S/C24H20F2N2O2/c1-27(22-8-4-6-20(25)24(22)26)18-11-9-16(10-12-18)14-28-15-17(13-23(29)30)19-5-2-3-7-21(19)28/h2-12,15H,13-14H2,1H3,(H,29,30). The molecule has 4 nitrogen and oxygen atoms in total. The predicted octanol–water partition coefficient (Wildman–Crippen LogP) is 5.36. The molecule has 0 aliphatic rings. The Morgan fingerprint density at radius 3 is 2.47 bits per heavy atom. The average Bonchev–Trinajstić information content (AvgIpc) is 3.07. The fourth-order valence-electron chi connectivity index (χ4n) is 3.67. The van der Waals surface area contributed by atoms with Crippen LogP contribution in [0.5, 0.6) is 0 Å². The molecular formula is C24H20F2N2O2. The van der Waals surface area contributed by atoms with E-state index in [0.717, 1.165) is 33.8 Å². The quantitative estimate of drug-likeness (QED) is 0.469. The van der Waals surface area contributed by atoms with Crippen molar-refractivity contribution in [2.75, 3.05) is 11.9 Å². The van der Waals surface area contributed by atoms with Crippen LogP contribution < -0.4 is 4.90 Å². The van der Waals surface area contributed by atoms with E-state index >= 15 is 0 Å². The first-order chi connectivity index (χ1) is 14.4. The molecule has 0 amide bonds. The molecule has 4 rings (SSSR count). The summed E-state index contributed by atoms with van der Waals surface area (Å²) in [6, 6.07) is 19.4. The largest absolute Gasteiger partial charge is 0.481 e. The molecule has 1 aromatic heterocycles. The summed E-state index contributed by atoms with van der Waals surface area (Å²) in [6.45, 7) is 0.568. The molecule has 0 unspecified atom stereocenters. The zero-order valence-electron chi connectivity index (χ0n) is 16.3. The number of carboxylic acids is 1. The number of anilines is 2.